The quantitative estimate of drug-likeness (QED) is 0.799. The van der Waals surface area contributed by atoms with Gasteiger partial charge in [0.15, 0.2) is 5.17 Å². The second kappa shape index (κ2) is 3.94. The summed E-state index contributed by atoms with van der Waals surface area (Å²) >= 11 is 2.01. The molecule has 1 aliphatic heterocycles. The number of hydrogen-bond acceptors (Lipinski definition) is 3. The van der Waals surface area contributed by atoms with Crippen LogP contribution in [0.2, 0.25) is 0 Å². The van der Waals surface area contributed by atoms with Crippen LogP contribution in [0.15, 0.2) is 4.99 Å². The van der Waals surface area contributed by atoms with E-state index in [1.807, 2.05) is 11.8 Å². The van der Waals surface area contributed by atoms with E-state index in [1.54, 1.807) is 0 Å². The Kier molecular flexibility index (Phi) is 2.69. The van der Waals surface area contributed by atoms with Crippen LogP contribution in [0.1, 0.15) is 46.0 Å². The summed E-state index contributed by atoms with van der Waals surface area (Å²) in [6.07, 6.45) is 6.86. The standard InChI is InChI=1S/C13H22N2S/c1-13(2)6-5-10(7-13)15-12-14-8-11(16-12)9-3-4-9/h9-11H,3-8H2,1-2H3,(H,14,15). The highest BCUT2D eigenvalue weighted by molar-refractivity contribution is 8.14. The highest BCUT2D eigenvalue weighted by atomic mass is 32.2. The monoisotopic (exact) mass is 238 g/mol. The van der Waals surface area contributed by atoms with Gasteiger partial charge in [-0.3, -0.25) is 4.99 Å². The van der Waals surface area contributed by atoms with Crippen molar-refractivity contribution in [3.05, 3.63) is 0 Å². The fourth-order valence-electron chi connectivity index (χ4n) is 2.92. The van der Waals surface area contributed by atoms with Crippen LogP contribution in [0, 0.1) is 11.3 Å². The number of hydrogen-bond donors (Lipinski definition) is 1. The minimum absolute atomic E-state index is 0.539. The molecule has 90 valence electrons. The Morgan fingerprint density at radius 2 is 2.12 bits per heavy atom. The Morgan fingerprint density at radius 1 is 1.31 bits per heavy atom. The van der Waals surface area contributed by atoms with Crippen LogP contribution in [0.3, 0.4) is 0 Å². The van der Waals surface area contributed by atoms with Crippen molar-refractivity contribution in [1.29, 1.82) is 0 Å². The van der Waals surface area contributed by atoms with Crippen molar-refractivity contribution in [3.8, 4) is 0 Å². The maximum atomic E-state index is 4.66. The van der Waals surface area contributed by atoms with Crippen molar-refractivity contribution >= 4 is 16.9 Å². The summed E-state index contributed by atoms with van der Waals surface area (Å²) in [4.78, 5) is 4.66. The summed E-state index contributed by atoms with van der Waals surface area (Å²) in [6, 6.07) is 0.680. The number of thioether (sulfide) groups is 1. The predicted molar refractivity (Wildman–Crippen MR) is 71.0 cm³/mol. The summed E-state index contributed by atoms with van der Waals surface area (Å²) in [5.74, 6) is 0.980. The van der Waals surface area contributed by atoms with Gasteiger partial charge in [-0.05, 0) is 43.4 Å². The first-order chi connectivity index (χ1) is 7.62. The van der Waals surface area contributed by atoms with Crippen molar-refractivity contribution in [2.24, 2.45) is 16.3 Å². The molecule has 2 fully saturated rings. The fourth-order valence-corrected chi connectivity index (χ4v) is 4.20. The van der Waals surface area contributed by atoms with Gasteiger partial charge in [-0.15, -0.1) is 0 Å². The molecule has 1 heterocycles. The molecule has 0 amide bonds. The lowest BCUT2D eigenvalue weighted by Crippen LogP contribution is -2.31. The molecule has 2 atom stereocenters. The predicted octanol–water partition coefficient (Wildman–Crippen LogP) is 3.04. The Hall–Kier alpha value is -0.180. The molecule has 3 aliphatic rings. The first-order valence-electron chi connectivity index (χ1n) is 6.60. The Balaban J connectivity index is 1.49. The van der Waals surface area contributed by atoms with Crippen molar-refractivity contribution in [1.82, 2.24) is 5.32 Å². The van der Waals surface area contributed by atoms with Crippen LogP contribution in [-0.2, 0) is 0 Å². The lowest BCUT2D eigenvalue weighted by molar-refractivity contribution is 0.372. The van der Waals surface area contributed by atoms with Gasteiger partial charge in [0.2, 0.25) is 0 Å². The molecule has 16 heavy (non-hydrogen) atoms. The van der Waals surface area contributed by atoms with Gasteiger partial charge in [0.05, 0.1) is 6.54 Å². The second-order valence-corrected chi connectivity index (χ2v) is 7.62. The smallest absolute Gasteiger partial charge is 0.157 e. The van der Waals surface area contributed by atoms with Crippen LogP contribution in [0.25, 0.3) is 0 Å². The number of amidine groups is 1. The zero-order valence-electron chi connectivity index (χ0n) is 10.3. The van der Waals surface area contributed by atoms with E-state index in [4.69, 9.17) is 0 Å². The van der Waals surface area contributed by atoms with Gasteiger partial charge in [-0.2, -0.15) is 0 Å². The SMILES string of the molecule is CC1(C)CCC(NC2=NCC(C3CC3)S2)C1. The average Bonchev–Trinajstić information content (AvgIpc) is 2.88. The van der Waals surface area contributed by atoms with Crippen LogP contribution in [0.5, 0.6) is 0 Å². The van der Waals surface area contributed by atoms with E-state index < -0.39 is 0 Å². The van der Waals surface area contributed by atoms with E-state index in [2.05, 4.69) is 24.2 Å². The van der Waals surface area contributed by atoms with E-state index in [-0.39, 0.29) is 0 Å². The van der Waals surface area contributed by atoms with Gasteiger partial charge < -0.3 is 5.32 Å². The van der Waals surface area contributed by atoms with Gasteiger partial charge in [0.1, 0.15) is 0 Å². The van der Waals surface area contributed by atoms with Gasteiger partial charge in [0, 0.05) is 11.3 Å². The van der Waals surface area contributed by atoms with Crippen LogP contribution >= 0.6 is 11.8 Å². The molecule has 0 spiro atoms. The summed E-state index contributed by atoms with van der Waals surface area (Å²) in [5, 5.41) is 5.70. The average molecular weight is 238 g/mol. The molecule has 0 saturated heterocycles. The number of rotatable bonds is 2. The molecule has 3 rings (SSSR count). The maximum Gasteiger partial charge on any atom is 0.157 e. The van der Waals surface area contributed by atoms with Crippen LogP contribution in [0.4, 0.5) is 0 Å². The van der Waals surface area contributed by atoms with E-state index >= 15 is 0 Å². The molecule has 2 aliphatic carbocycles. The molecule has 0 aromatic heterocycles. The third kappa shape index (κ3) is 2.39. The fraction of sp³-hybridized carbons (Fsp3) is 0.923. The Bertz CT molecular complexity index is 307. The molecule has 2 unspecified atom stereocenters. The molecule has 1 N–H and O–H groups in total. The number of nitrogens with zero attached hydrogens (tertiary/aromatic N) is 1. The molecule has 3 heteroatoms. The van der Waals surface area contributed by atoms with Gasteiger partial charge in [-0.1, -0.05) is 25.6 Å². The second-order valence-electron chi connectivity index (χ2n) is 6.39. The van der Waals surface area contributed by atoms with E-state index in [9.17, 15) is 0 Å². The highest BCUT2D eigenvalue weighted by Crippen LogP contribution is 2.42. The zero-order chi connectivity index (χ0) is 11.2. The van der Waals surface area contributed by atoms with Crippen LogP contribution < -0.4 is 5.32 Å². The molecule has 0 radical (unpaired) electrons. The van der Waals surface area contributed by atoms with Crippen LogP contribution in [-0.4, -0.2) is 23.0 Å². The lowest BCUT2D eigenvalue weighted by Gasteiger charge is -2.18. The summed E-state index contributed by atoms with van der Waals surface area (Å²) < 4.78 is 0. The minimum atomic E-state index is 0.539. The van der Waals surface area contributed by atoms with Crippen molar-refractivity contribution in [3.63, 3.8) is 0 Å². The minimum Gasteiger partial charge on any atom is -0.362 e. The van der Waals surface area contributed by atoms with E-state index in [0.29, 0.717) is 11.5 Å². The normalized spacial score (nSPS) is 37.5. The molecular weight excluding hydrogens is 216 g/mol. The third-order valence-corrected chi connectivity index (χ3v) is 5.43. The molecule has 2 nitrogen and oxygen atoms in total. The van der Waals surface area contributed by atoms with Gasteiger partial charge in [0.25, 0.3) is 0 Å². The van der Waals surface area contributed by atoms with E-state index in [0.717, 1.165) is 17.7 Å². The zero-order valence-corrected chi connectivity index (χ0v) is 11.1. The lowest BCUT2D eigenvalue weighted by atomic mass is 9.92. The topological polar surface area (TPSA) is 24.4 Å². The summed E-state index contributed by atoms with van der Waals surface area (Å²) in [5.41, 5.74) is 0.539. The summed E-state index contributed by atoms with van der Waals surface area (Å²) in [6.45, 7) is 5.82. The largest absolute Gasteiger partial charge is 0.362 e. The Labute approximate surface area is 103 Å². The van der Waals surface area contributed by atoms with Crippen molar-refractivity contribution in [2.45, 2.75) is 57.2 Å². The van der Waals surface area contributed by atoms with Crippen molar-refractivity contribution in [2.75, 3.05) is 6.54 Å². The highest BCUT2D eigenvalue weighted by Gasteiger charge is 2.37. The van der Waals surface area contributed by atoms with Crippen molar-refractivity contribution < 1.29 is 0 Å². The molecular formula is C13H22N2S. The Morgan fingerprint density at radius 3 is 2.75 bits per heavy atom. The van der Waals surface area contributed by atoms with E-state index in [1.165, 1.54) is 37.3 Å². The van der Waals surface area contributed by atoms with Gasteiger partial charge in [-0.25, -0.2) is 0 Å². The molecule has 0 bridgehead atoms. The summed E-state index contributed by atoms with van der Waals surface area (Å²) in [7, 11) is 0. The molecule has 0 aromatic rings. The first-order valence-corrected chi connectivity index (χ1v) is 7.48. The first kappa shape index (κ1) is 10.9. The maximum absolute atomic E-state index is 4.66. The third-order valence-electron chi connectivity index (χ3n) is 4.12. The number of aliphatic imine (C=N–C) groups is 1. The number of nitrogens with one attached hydrogen (secondary N) is 1. The molecule has 2 saturated carbocycles. The molecule has 0 aromatic carbocycles. The van der Waals surface area contributed by atoms with Gasteiger partial charge >= 0.3 is 0 Å².